The van der Waals surface area contributed by atoms with Gasteiger partial charge in [0.15, 0.2) is 6.04 Å². The average Bonchev–Trinajstić information content (AvgIpc) is 3.10. The van der Waals surface area contributed by atoms with Crippen molar-refractivity contribution in [3.05, 3.63) is 87.7 Å². The van der Waals surface area contributed by atoms with Crippen molar-refractivity contribution in [2.45, 2.75) is 6.04 Å². The quantitative estimate of drug-likeness (QED) is 0.435. The molecule has 2 aromatic carbocycles. The molecule has 0 saturated heterocycles. The molecule has 0 amide bonds. The summed E-state index contributed by atoms with van der Waals surface area (Å²) in [5.41, 5.74) is 5.75. The zero-order valence-electron chi connectivity index (χ0n) is 12.2. The minimum Gasteiger partial charge on any atom is -0.192 e. The average molecular weight is 410 g/mol. The number of benzene rings is 2. The molecule has 1 unspecified atom stereocenters. The first-order valence-electron chi connectivity index (χ1n) is 7.57. The van der Waals surface area contributed by atoms with Crippen LogP contribution in [0.25, 0.3) is 16.7 Å². The summed E-state index contributed by atoms with van der Waals surface area (Å²) in [5, 5.41) is 0. The Balaban J connectivity index is 2.01. The molecule has 110 valence electrons. The summed E-state index contributed by atoms with van der Waals surface area (Å²) in [7, 11) is 0. The number of hydrogen-bond acceptors (Lipinski definition) is 1. The lowest BCUT2D eigenvalue weighted by atomic mass is 10.1. The molecule has 23 heavy (non-hydrogen) atoms. The molecule has 5 rings (SSSR count). The summed E-state index contributed by atoms with van der Waals surface area (Å²) in [6.45, 7) is 0. The van der Waals surface area contributed by atoms with Gasteiger partial charge in [-0.15, -0.1) is 0 Å². The molecule has 0 radical (unpaired) electrons. The van der Waals surface area contributed by atoms with E-state index in [1.165, 1.54) is 20.3 Å². The van der Waals surface area contributed by atoms with Crippen LogP contribution in [0, 0.1) is 9.28 Å². The number of fused-ring (bicyclic) bond motifs is 4. The monoisotopic (exact) mass is 410 g/mol. The van der Waals surface area contributed by atoms with Gasteiger partial charge in [0, 0.05) is 3.57 Å². The number of imidazole rings is 1. The second kappa shape index (κ2) is 4.89. The van der Waals surface area contributed by atoms with Crippen LogP contribution in [0.3, 0.4) is 0 Å². The summed E-state index contributed by atoms with van der Waals surface area (Å²) < 4.78 is 5.77. The third kappa shape index (κ3) is 1.88. The van der Waals surface area contributed by atoms with E-state index in [0.717, 1.165) is 11.3 Å². The molecule has 1 atom stereocenters. The first kappa shape index (κ1) is 13.2. The fourth-order valence-corrected chi connectivity index (χ4v) is 3.82. The lowest BCUT2D eigenvalue weighted by Crippen LogP contribution is -2.38. The van der Waals surface area contributed by atoms with Crippen LogP contribution in [-0.4, -0.2) is 10.6 Å². The molecule has 3 aromatic rings. The van der Waals surface area contributed by atoms with Gasteiger partial charge in [0.05, 0.1) is 0 Å². The highest BCUT2D eigenvalue weighted by molar-refractivity contribution is 14.1. The summed E-state index contributed by atoms with van der Waals surface area (Å²) >= 11 is 2.37. The predicted octanol–water partition coefficient (Wildman–Crippen LogP) is 3.03. The molecule has 2 heterocycles. The van der Waals surface area contributed by atoms with Gasteiger partial charge in [-0.05, 0) is 65.1 Å². The van der Waals surface area contributed by atoms with Crippen LogP contribution >= 0.6 is 22.6 Å². The topological polar surface area (TPSA) is 23.2 Å². The van der Waals surface area contributed by atoms with E-state index < -0.39 is 0 Å². The lowest BCUT2D eigenvalue weighted by molar-refractivity contribution is -0.504. The van der Waals surface area contributed by atoms with Crippen molar-refractivity contribution < 1.29 is 4.24 Å². The van der Waals surface area contributed by atoms with E-state index in [1.807, 2.05) is 6.07 Å². The van der Waals surface area contributed by atoms with E-state index >= 15 is 0 Å². The van der Waals surface area contributed by atoms with Gasteiger partial charge < -0.3 is 0 Å². The van der Waals surface area contributed by atoms with Crippen molar-refractivity contribution in [3.8, 4) is 5.69 Å². The standard InChI is InChI=1S/C19H13IN3/c20-13-10-11-17-18(12-13)23-16-9-5-4-8-15(16)21-19(23)22(17)14-6-2-1-3-7-14/h1-12,15H/q+1. The Morgan fingerprint density at radius 2 is 1.91 bits per heavy atom. The zero-order chi connectivity index (χ0) is 15.4. The fourth-order valence-electron chi connectivity index (χ4n) is 3.34. The van der Waals surface area contributed by atoms with Crippen molar-refractivity contribution in [1.82, 2.24) is 4.57 Å². The number of aromatic nitrogens is 2. The molecule has 4 heteroatoms. The van der Waals surface area contributed by atoms with E-state index in [1.54, 1.807) is 0 Å². The first-order valence-corrected chi connectivity index (χ1v) is 8.65. The molecular formula is C19H13IN3+. The Morgan fingerprint density at radius 1 is 1.04 bits per heavy atom. The van der Waals surface area contributed by atoms with E-state index in [0.29, 0.717) is 0 Å². The van der Waals surface area contributed by atoms with Gasteiger partial charge in [-0.1, -0.05) is 35.3 Å². The second-order valence-electron chi connectivity index (χ2n) is 5.68. The number of nitrogens with zero attached hydrogens (tertiary/aromatic N) is 3. The van der Waals surface area contributed by atoms with Crippen LogP contribution in [0.2, 0.25) is 0 Å². The molecule has 3 nitrogen and oxygen atoms in total. The number of hydrogen-bond donors (Lipinski definition) is 0. The maximum absolute atomic E-state index is 4.97. The van der Waals surface area contributed by atoms with Crippen LogP contribution in [0.4, 0.5) is 0 Å². The lowest BCUT2D eigenvalue weighted by Gasteiger charge is -2.02. The maximum atomic E-state index is 4.97. The Bertz CT molecular complexity index is 1120. The molecule has 0 fully saturated rings. The Kier molecular flexibility index (Phi) is 2.82. The maximum Gasteiger partial charge on any atom is 0.405 e. The first-order chi connectivity index (χ1) is 11.3. The van der Waals surface area contributed by atoms with Crippen molar-refractivity contribution in [2.24, 2.45) is 4.99 Å². The second-order valence-corrected chi connectivity index (χ2v) is 6.93. The van der Waals surface area contributed by atoms with Gasteiger partial charge >= 0.3 is 5.62 Å². The minimum absolute atomic E-state index is 0.118. The SMILES string of the molecule is Ic1ccc2c(c1)[n+]1c(n2-c2ccccc2)=NC2C=CC=CC=12. The highest BCUT2D eigenvalue weighted by Gasteiger charge is 2.30. The summed E-state index contributed by atoms with van der Waals surface area (Å²) in [6.07, 6.45) is 8.47. The molecule has 1 aromatic heterocycles. The van der Waals surface area contributed by atoms with Crippen LogP contribution < -0.4 is 9.86 Å². The molecule has 0 bridgehead atoms. The summed E-state index contributed by atoms with van der Waals surface area (Å²) in [4.78, 5) is 4.97. The van der Waals surface area contributed by atoms with Crippen molar-refractivity contribution in [1.29, 1.82) is 0 Å². The van der Waals surface area contributed by atoms with Gasteiger partial charge in [0.1, 0.15) is 22.4 Å². The van der Waals surface area contributed by atoms with Crippen molar-refractivity contribution >= 4 is 33.6 Å². The van der Waals surface area contributed by atoms with Gasteiger partial charge in [0.2, 0.25) is 0 Å². The van der Waals surface area contributed by atoms with Crippen LogP contribution in [0.15, 0.2) is 77.8 Å². The van der Waals surface area contributed by atoms with Gasteiger partial charge in [-0.25, -0.2) is 0 Å². The third-order valence-corrected chi connectivity index (χ3v) is 4.99. The molecule has 2 aliphatic rings. The molecule has 0 N–H and O–H groups in total. The molecule has 0 spiro atoms. The van der Waals surface area contributed by atoms with Gasteiger partial charge in [0.25, 0.3) is 0 Å². The normalized spacial score (nSPS) is 18.1. The largest absolute Gasteiger partial charge is 0.405 e. The highest BCUT2D eigenvalue weighted by Crippen LogP contribution is 2.20. The fraction of sp³-hybridized carbons (Fsp3) is 0.0526. The van der Waals surface area contributed by atoms with Crippen LogP contribution in [0.5, 0.6) is 0 Å². The highest BCUT2D eigenvalue weighted by atomic mass is 127. The Hall–Kier alpha value is -2.21. The molecule has 0 saturated carbocycles. The smallest absolute Gasteiger partial charge is 0.192 e. The van der Waals surface area contributed by atoms with E-state index in [2.05, 4.69) is 98.2 Å². The van der Waals surface area contributed by atoms with Crippen LogP contribution in [0.1, 0.15) is 0 Å². The van der Waals surface area contributed by atoms with Crippen molar-refractivity contribution in [3.63, 3.8) is 0 Å². The third-order valence-electron chi connectivity index (χ3n) is 4.32. The predicted molar refractivity (Wildman–Crippen MR) is 98.1 cm³/mol. The van der Waals surface area contributed by atoms with E-state index in [-0.39, 0.29) is 6.04 Å². The minimum atomic E-state index is 0.118. The molecular weight excluding hydrogens is 397 g/mol. The van der Waals surface area contributed by atoms with Gasteiger partial charge in [-0.3, -0.25) is 0 Å². The van der Waals surface area contributed by atoms with Gasteiger partial charge in [-0.2, -0.15) is 8.81 Å². The zero-order valence-corrected chi connectivity index (χ0v) is 14.4. The Morgan fingerprint density at radius 3 is 2.78 bits per heavy atom. The Labute approximate surface area is 146 Å². The summed E-state index contributed by atoms with van der Waals surface area (Å²) in [6, 6.07) is 17.1. The number of para-hydroxylation sites is 1. The number of rotatable bonds is 1. The van der Waals surface area contributed by atoms with E-state index in [4.69, 9.17) is 4.99 Å². The number of allylic oxidation sites excluding steroid dienone is 2. The molecule has 1 aliphatic heterocycles. The van der Waals surface area contributed by atoms with E-state index in [9.17, 15) is 0 Å². The molecule has 1 aliphatic carbocycles. The van der Waals surface area contributed by atoms with Crippen LogP contribution in [-0.2, 0) is 0 Å². The summed E-state index contributed by atoms with van der Waals surface area (Å²) in [5.74, 6) is 0. The number of halogens is 1. The van der Waals surface area contributed by atoms with Crippen molar-refractivity contribution in [2.75, 3.05) is 0 Å².